The number of carbonyl (C=O) groups excluding carboxylic acids is 1. The molecule has 0 spiro atoms. The van der Waals surface area contributed by atoms with Gasteiger partial charge in [-0.05, 0) is 42.9 Å². The largest absolute Gasteiger partial charge is 0.480 e. The van der Waals surface area contributed by atoms with Gasteiger partial charge in [0.15, 0.2) is 0 Å². The van der Waals surface area contributed by atoms with Crippen molar-refractivity contribution in [3.63, 3.8) is 0 Å². The van der Waals surface area contributed by atoms with E-state index in [0.717, 1.165) is 22.9 Å². The highest BCUT2D eigenvalue weighted by Gasteiger charge is 2.44. The summed E-state index contributed by atoms with van der Waals surface area (Å²) in [6.45, 7) is 6.19. The second kappa shape index (κ2) is 5.79. The average molecular weight is 354 g/mol. The van der Waals surface area contributed by atoms with Crippen LogP contribution in [0.15, 0.2) is 22.7 Å². The normalized spacial score (nSPS) is 21.1. The Bertz CT molecular complexity index is 583. The Hall–Kier alpha value is -1.36. The lowest BCUT2D eigenvalue weighted by Gasteiger charge is -2.44. The first-order valence-electron chi connectivity index (χ1n) is 7.04. The van der Waals surface area contributed by atoms with E-state index in [0.29, 0.717) is 12.1 Å². The zero-order valence-corrected chi connectivity index (χ0v) is 14.1. The number of halogens is 1. The molecule has 1 saturated heterocycles. The summed E-state index contributed by atoms with van der Waals surface area (Å²) in [5, 5.41) is 9.56. The first kappa shape index (κ1) is 16.0. The Labute approximate surface area is 133 Å². The highest BCUT2D eigenvalue weighted by atomic mass is 79.9. The summed E-state index contributed by atoms with van der Waals surface area (Å²) in [6, 6.07) is 4.65. The van der Waals surface area contributed by atoms with Crippen LogP contribution >= 0.6 is 15.9 Å². The lowest BCUT2D eigenvalue weighted by molar-refractivity contribution is -0.148. The molecule has 5 heteroatoms. The van der Waals surface area contributed by atoms with Crippen LogP contribution in [0.3, 0.4) is 0 Å². The molecule has 4 nitrogen and oxygen atoms in total. The van der Waals surface area contributed by atoms with Gasteiger partial charge in [-0.3, -0.25) is 4.79 Å². The van der Waals surface area contributed by atoms with Gasteiger partial charge in [-0.25, -0.2) is 4.79 Å². The lowest BCUT2D eigenvalue weighted by Crippen LogP contribution is -2.56. The van der Waals surface area contributed by atoms with E-state index in [-0.39, 0.29) is 5.91 Å². The van der Waals surface area contributed by atoms with E-state index >= 15 is 0 Å². The van der Waals surface area contributed by atoms with Crippen LogP contribution in [-0.2, 0) is 4.79 Å². The molecule has 1 N–H and O–H groups in total. The summed E-state index contributed by atoms with van der Waals surface area (Å²) < 4.78 is 0.858. The molecule has 114 valence electrons. The summed E-state index contributed by atoms with van der Waals surface area (Å²) in [6.07, 6.45) is 1.64. The number of rotatable bonds is 2. The number of carboxylic acids is 1. The maximum Gasteiger partial charge on any atom is 0.326 e. The average Bonchev–Trinajstić information content (AvgIpc) is 2.39. The highest BCUT2D eigenvalue weighted by Crippen LogP contribution is 2.36. The number of likely N-dealkylation sites (tertiary alicyclic amines) is 1. The Morgan fingerprint density at radius 2 is 2.05 bits per heavy atom. The molecule has 1 atom stereocenters. The minimum atomic E-state index is -0.930. The number of hydrogen-bond acceptors (Lipinski definition) is 2. The van der Waals surface area contributed by atoms with Gasteiger partial charge in [0.2, 0.25) is 0 Å². The van der Waals surface area contributed by atoms with Crippen molar-refractivity contribution >= 4 is 27.8 Å². The van der Waals surface area contributed by atoms with Crippen LogP contribution in [0.4, 0.5) is 0 Å². The quantitative estimate of drug-likeness (QED) is 0.885. The van der Waals surface area contributed by atoms with Gasteiger partial charge in [0.1, 0.15) is 6.04 Å². The van der Waals surface area contributed by atoms with Crippen LogP contribution < -0.4 is 0 Å². The zero-order chi connectivity index (χ0) is 15.8. The van der Waals surface area contributed by atoms with Gasteiger partial charge in [0.05, 0.1) is 0 Å². The van der Waals surface area contributed by atoms with E-state index in [1.165, 1.54) is 4.90 Å². The monoisotopic (exact) mass is 353 g/mol. The maximum atomic E-state index is 12.8. The third-order valence-electron chi connectivity index (χ3n) is 4.26. The lowest BCUT2D eigenvalue weighted by atomic mass is 9.76. The van der Waals surface area contributed by atoms with Crippen LogP contribution in [0.25, 0.3) is 0 Å². The summed E-state index contributed by atoms with van der Waals surface area (Å²) in [5.41, 5.74) is 0.989. The van der Waals surface area contributed by atoms with E-state index in [9.17, 15) is 14.7 Å². The molecular formula is C16H20BrNO3. The number of piperidine rings is 1. The number of hydrogen-bond donors (Lipinski definition) is 1. The summed E-state index contributed by atoms with van der Waals surface area (Å²) in [4.78, 5) is 26.0. The van der Waals surface area contributed by atoms with E-state index in [1.54, 1.807) is 12.1 Å². The van der Waals surface area contributed by atoms with Crippen molar-refractivity contribution in [1.29, 1.82) is 0 Å². The second-order valence-corrected chi connectivity index (χ2v) is 7.10. The summed E-state index contributed by atoms with van der Waals surface area (Å²) >= 11 is 3.42. The van der Waals surface area contributed by atoms with E-state index in [4.69, 9.17) is 0 Å². The minimum absolute atomic E-state index is 0.200. The molecule has 0 aromatic heterocycles. The highest BCUT2D eigenvalue weighted by molar-refractivity contribution is 9.10. The SMILES string of the molecule is Cc1c(Br)cccc1C(=O)N1CCCC(C)(C)C1C(=O)O. The molecule has 1 aliphatic rings. The molecule has 1 amide bonds. The molecule has 1 aliphatic heterocycles. The van der Waals surface area contributed by atoms with Crippen LogP contribution in [0.5, 0.6) is 0 Å². The Kier molecular flexibility index (Phi) is 4.42. The number of carbonyl (C=O) groups is 2. The van der Waals surface area contributed by atoms with Crippen LogP contribution in [0.2, 0.25) is 0 Å². The van der Waals surface area contributed by atoms with Gasteiger partial charge in [-0.1, -0.05) is 35.8 Å². The molecule has 1 heterocycles. The molecule has 2 rings (SSSR count). The van der Waals surface area contributed by atoms with Gasteiger partial charge in [0, 0.05) is 16.6 Å². The zero-order valence-electron chi connectivity index (χ0n) is 12.5. The molecule has 1 aromatic carbocycles. The third-order valence-corrected chi connectivity index (χ3v) is 5.12. The predicted molar refractivity (Wildman–Crippen MR) is 84.4 cm³/mol. The van der Waals surface area contributed by atoms with Crippen molar-refractivity contribution < 1.29 is 14.7 Å². The number of benzene rings is 1. The van der Waals surface area contributed by atoms with Crippen LogP contribution in [-0.4, -0.2) is 34.5 Å². The minimum Gasteiger partial charge on any atom is -0.480 e. The molecule has 0 bridgehead atoms. The van der Waals surface area contributed by atoms with E-state index < -0.39 is 17.4 Å². The van der Waals surface area contributed by atoms with Crippen molar-refractivity contribution in [2.24, 2.45) is 5.41 Å². The van der Waals surface area contributed by atoms with E-state index in [1.807, 2.05) is 26.8 Å². The fourth-order valence-electron chi connectivity index (χ4n) is 3.07. The summed E-state index contributed by atoms with van der Waals surface area (Å²) in [5.74, 6) is -1.13. The molecule has 1 fully saturated rings. The molecule has 1 aromatic rings. The van der Waals surface area contributed by atoms with Crippen molar-refractivity contribution in [2.75, 3.05) is 6.54 Å². The summed E-state index contributed by atoms with van der Waals surface area (Å²) in [7, 11) is 0. The molecular weight excluding hydrogens is 334 g/mol. The molecule has 0 saturated carbocycles. The Morgan fingerprint density at radius 3 is 2.67 bits per heavy atom. The van der Waals surface area contributed by atoms with E-state index in [2.05, 4.69) is 15.9 Å². The fraction of sp³-hybridized carbons (Fsp3) is 0.500. The van der Waals surface area contributed by atoms with Crippen molar-refractivity contribution in [1.82, 2.24) is 4.90 Å². The number of carboxylic acid groups (broad SMARTS) is 1. The molecule has 0 radical (unpaired) electrons. The van der Waals surface area contributed by atoms with Crippen molar-refractivity contribution in [3.05, 3.63) is 33.8 Å². The first-order valence-corrected chi connectivity index (χ1v) is 7.84. The Morgan fingerprint density at radius 1 is 1.38 bits per heavy atom. The smallest absolute Gasteiger partial charge is 0.326 e. The van der Waals surface area contributed by atoms with Crippen LogP contribution in [0.1, 0.15) is 42.6 Å². The van der Waals surface area contributed by atoms with Crippen LogP contribution in [0, 0.1) is 12.3 Å². The van der Waals surface area contributed by atoms with Crippen molar-refractivity contribution in [2.45, 2.75) is 39.7 Å². The number of aliphatic carboxylic acids is 1. The second-order valence-electron chi connectivity index (χ2n) is 6.24. The third kappa shape index (κ3) is 2.98. The standard InChI is InChI=1S/C16H20BrNO3/c1-10-11(6-4-7-12(10)17)14(19)18-9-5-8-16(2,3)13(18)15(20)21/h4,6-7,13H,5,8-9H2,1-3H3,(H,20,21). The van der Waals surface area contributed by atoms with Gasteiger partial charge in [0.25, 0.3) is 5.91 Å². The first-order chi connectivity index (χ1) is 9.75. The molecule has 0 aliphatic carbocycles. The topological polar surface area (TPSA) is 57.6 Å². The maximum absolute atomic E-state index is 12.8. The van der Waals surface area contributed by atoms with Gasteiger partial charge in [-0.2, -0.15) is 0 Å². The molecule has 1 unspecified atom stereocenters. The number of nitrogens with zero attached hydrogens (tertiary/aromatic N) is 1. The van der Waals surface area contributed by atoms with Gasteiger partial charge in [-0.15, -0.1) is 0 Å². The van der Waals surface area contributed by atoms with Gasteiger partial charge >= 0.3 is 5.97 Å². The van der Waals surface area contributed by atoms with Crippen molar-refractivity contribution in [3.8, 4) is 0 Å². The number of amides is 1. The fourth-order valence-corrected chi connectivity index (χ4v) is 3.44. The molecule has 21 heavy (non-hydrogen) atoms. The Balaban J connectivity index is 2.41. The van der Waals surface area contributed by atoms with Gasteiger partial charge < -0.3 is 10.0 Å². The predicted octanol–water partition coefficient (Wildman–Crippen LogP) is 3.47.